The molecule has 3 rings (SSSR count). The highest BCUT2D eigenvalue weighted by molar-refractivity contribution is 9.11. The zero-order valence-corrected chi connectivity index (χ0v) is 17.0. The van der Waals surface area contributed by atoms with Gasteiger partial charge in [-0.3, -0.25) is 4.90 Å². The average Bonchev–Trinajstić information content (AvgIpc) is 3.05. The minimum absolute atomic E-state index is 0.281. The molecule has 136 valence electrons. The SMILES string of the molecule is CN(Cc1ccc(Br)s1)CC(O)COc1ccc(-c2ccccc2)cc1. The number of thiophene rings is 1. The number of aliphatic hydroxyl groups is 1. The molecule has 0 saturated heterocycles. The third-order valence-electron chi connectivity index (χ3n) is 3.98. The Balaban J connectivity index is 1.46. The summed E-state index contributed by atoms with van der Waals surface area (Å²) in [4.78, 5) is 3.37. The molecule has 3 nitrogen and oxygen atoms in total. The lowest BCUT2D eigenvalue weighted by atomic mass is 10.1. The van der Waals surface area contributed by atoms with E-state index >= 15 is 0 Å². The van der Waals surface area contributed by atoms with Crippen LogP contribution in [0, 0.1) is 0 Å². The van der Waals surface area contributed by atoms with Crippen molar-refractivity contribution in [1.29, 1.82) is 0 Å². The Bertz CT molecular complexity index is 804. The highest BCUT2D eigenvalue weighted by Crippen LogP contribution is 2.23. The first-order valence-corrected chi connectivity index (χ1v) is 10.1. The maximum absolute atomic E-state index is 10.2. The van der Waals surface area contributed by atoms with Crippen LogP contribution >= 0.6 is 27.3 Å². The third-order valence-corrected chi connectivity index (χ3v) is 5.59. The first-order chi connectivity index (χ1) is 12.6. The summed E-state index contributed by atoms with van der Waals surface area (Å²) < 4.78 is 6.86. The molecule has 5 heteroatoms. The fourth-order valence-electron chi connectivity index (χ4n) is 2.75. The molecule has 0 radical (unpaired) electrons. The molecule has 3 aromatic rings. The number of nitrogens with zero attached hydrogens (tertiary/aromatic N) is 1. The van der Waals surface area contributed by atoms with Crippen LogP contribution in [0.25, 0.3) is 11.1 Å². The Labute approximate surface area is 167 Å². The predicted octanol–water partition coefficient (Wildman–Crippen LogP) is 5.05. The van der Waals surface area contributed by atoms with Crippen molar-refractivity contribution in [2.24, 2.45) is 0 Å². The molecule has 0 spiro atoms. The summed E-state index contributed by atoms with van der Waals surface area (Å²) in [5, 5.41) is 10.2. The van der Waals surface area contributed by atoms with Crippen LogP contribution in [0.4, 0.5) is 0 Å². The van der Waals surface area contributed by atoms with Gasteiger partial charge >= 0.3 is 0 Å². The summed E-state index contributed by atoms with van der Waals surface area (Å²) in [6.45, 7) is 1.67. The van der Waals surface area contributed by atoms with Gasteiger partial charge in [-0.25, -0.2) is 0 Å². The quantitative estimate of drug-likeness (QED) is 0.541. The largest absolute Gasteiger partial charge is 0.491 e. The second-order valence-electron chi connectivity index (χ2n) is 6.26. The highest BCUT2D eigenvalue weighted by atomic mass is 79.9. The van der Waals surface area contributed by atoms with E-state index in [0.29, 0.717) is 6.54 Å². The van der Waals surface area contributed by atoms with E-state index in [1.165, 1.54) is 10.4 Å². The fraction of sp³-hybridized carbons (Fsp3) is 0.238. The number of benzene rings is 2. The van der Waals surface area contributed by atoms with Crippen molar-refractivity contribution < 1.29 is 9.84 Å². The van der Waals surface area contributed by atoms with Gasteiger partial charge in [0.1, 0.15) is 18.5 Å². The smallest absolute Gasteiger partial charge is 0.119 e. The van der Waals surface area contributed by atoms with Crippen LogP contribution in [0.15, 0.2) is 70.5 Å². The van der Waals surface area contributed by atoms with Crippen molar-refractivity contribution in [2.45, 2.75) is 12.6 Å². The van der Waals surface area contributed by atoms with Crippen molar-refractivity contribution in [3.8, 4) is 16.9 Å². The van der Waals surface area contributed by atoms with E-state index in [-0.39, 0.29) is 6.61 Å². The van der Waals surface area contributed by atoms with E-state index < -0.39 is 6.10 Å². The average molecular weight is 432 g/mol. The molecule has 1 N–H and O–H groups in total. The Morgan fingerprint density at radius 1 is 1.00 bits per heavy atom. The number of halogens is 1. The number of hydrogen-bond acceptors (Lipinski definition) is 4. The van der Waals surface area contributed by atoms with Gasteiger partial charge in [-0.1, -0.05) is 42.5 Å². The maximum atomic E-state index is 10.2. The Morgan fingerprint density at radius 3 is 2.35 bits per heavy atom. The van der Waals surface area contributed by atoms with E-state index in [1.54, 1.807) is 11.3 Å². The number of hydrogen-bond donors (Lipinski definition) is 1. The summed E-state index contributed by atoms with van der Waals surface area (Å²) in [6, 6.07) is 22.4. The normalized spacial score (nSPS) is 12.3. The van der Waals surface area contributed by atoms with Crippen LogP contribution in [-0.2, 0) is 6.54 Å². The first kappa shape index (κ1) is 19.1. The molecule has 1 aromatic heterocycles. The van der Waals surface area contributed by atoms with Crippen molar-refractivity contribution in [3.05, 3.63) is 75.4 Å². The van der Waals surface area contributed by atoms with Gasteiger partial charge in [-0.15, -0.1) is 11.3 Å². The monoisotopic (exact) mass is 431 g/mol. The third kappa shape index (κ3) is 5.68. The van der Waals surface area contributed by atoms with Gasteiger partial charge in [0.05, 0.1) is 3.79 Å². The Kier molecular flexibility index (Phi) is 6.86. The van der Waals surface area contributed by atoms with Gasteiger partial charge in [0.15, 0.2) is 0 Å². The second-order valence-corrected chi connectivity index (χ2v) is 8.81. The van der Waals surface area contributed by atoms with Gasteiger partial charge in [-0.05, 0) is 58.4 Å². The van der Waals surface area contributed by atoms with E-state index in [2.05, 4.69) is 39.0 Å². The summed E-state index contributed by atoms with van der Waals surface area (Å²) in [7, 11) is 2.01. The molecule has 1 unspecified atom stereocenters. The first-order valence-electron chi connectivity index (χ1n) is 8.49. The molecule has 0 aliphatic heterocycles. The lowest BCUT2D eigenvalue weighted by molar-refractivity contribution is 0.0746. The van der Waals surface area contributed by atoms with Gasteiger partial charge in [-0.2, -0.15) is 0 Å². The molecule has 26 heavy (non-hydrogen) atoms. The molecule has 0 aliphatic carbocycles. The summed E-state index contributed by atoms with van der Waals surface area (Å²) in [6.07, 6.45) is -0.530. The number of rotatable bonds is 8. The lowest BCUT2D eigenvalue weighted by Gasteiger charge is -2.20. The topological polar surface area (TPSA) is 32.7 Å². The highest BCUT2D eigenvalue weighted by Gasteiger charge is 2.11. The predicted molar refractivity (Wildman–Crippen MR) is 112 cm³/mol. The molecule has 0 saturated carbocycles. The van der Waals surface area contributed by atoms with Crippen LogP contribution in [0.1, 0.15) is 4.88 Å². The lowest BCUT2D eigenvalue weighted by Crippen LogP contribution is -2.32. The Morgan fingerprint density at radius 2 is 1.69 bits per heavy atom. The van der Waals surface area contributed by atoms with Crippen molar-refractivity contribution >= 4 is 27.3 Å². The zero-order valence-electron chi connectivity index (χ0n) is 14.6. The molecule has 0 amide bonds. The molecule has 0 aliphatic rings. The van der Waals surface area contributed by atoms with Crippen molar-refractivity contribution in [3.63, 3.8) is 0 Å². The number of likely N-dealkylation sites (N-methyl/N-ethyl adjacent to an activating group) is 1. The fourth-order valence-corrected chi connectivity index (χ4v) is 4.31. The maximum Gasteiger partial charge on any atom is 0.119 e. The summed E-state index contributed by atoms with van der Waals surface area (Å²) >= 11 is 5.19. The molecule has 1 heterocycles. The molecule has 1 atom stereocenters. The van der Waals surface area contributed by atoms with Crippen LogP contribution in [0.5, 0.6) is 5.75 Å². The zero-order chi connectivity index (χ0) is 18.4. The van der Waals surface area contributed by atoms with E-state index in [1.807, 2.05) is 55.6 Å². The molecule has 0 fully saturated rings. The van der Waals surface area contributed by atoms with Crippen molar-refractivity contribution in [2.75, 3.05) is 20.2 Å². The number of ether oxygens (including phenoxy) is 1. The van der Waals surface area contributed by atoms with Gasteiger partial charge in [0.25, 0.3) is 0 Å². The summed E-state index contributed by atoms with van der Waals surface area (Å²) in [5.74, 6) is 0.772. The Hall–Kier alpha value is -1.66. The summed E-state index contributed by atoms with van der Waals surface area (Å²) in [5.41, 5.74) is 2.33. The van der Waals surface area contributed by atoms with E-state index in [9.17, 15) is 5.11 Å². The van der Waals surface area contributed by atoms with Crippen molar-refractivity contribution in [1.82, 2.24) is 4.90 Å². The molecular formula is C21H22BrNO2S. The van der Waals surface area contributed by atoms with Crippen LogP contribution in [-0.4, -0.2) is 36.3 Å². The van der Waals surface area contributed by atoms with E-state index in [4.69, 9.17) is 4.74 Å². The molecule has 0 bridgehead atoms. The van der Waals surface area contributed by atoms with E-state index in [0.717, 1.165) is 21.6 Å². The van der Waals surface area contributed by atoms with Crippen LogP contribution in [0.3, 0.4) is 0 Å². The van der Waals surface area contributed by atoms with Crippen LogP contribution in [0.2, 0.25) is 0 Å². The second kappa shape index (κ2) is 9.33. The van der Waals surface area contributed by atoms with Gasteiger partial charge < -0.3 is 9.84 Å². The minimum atomic E-state index is -0.530. The van der Waals surface area contributed by atoms with Gasteiger partial charge in [0.2, 0.25) is 0 Å². The standard InChI is InChI=1S/C21H22BrNO2S/c1-23(14-20-11-12-21(22)26-20)13-18(24)15-25-19-9-7-17(8-10-19)16-5-3-2-4-6-16/h2-12,18,24H,13-15H2,1H3. The molecule has 2 aromatic carbocycles. The van der Waals surface area contributed by atoms with Crippen LogP contribution < -0.4 is 4.74 Å². The molecular weight excluding hydrogens is 410 g/mol. The number of aliphatic hydroxyl groups excluding tert-OH is 1. The van der Waals surface area contributed by atoms with Gasteiger partial charge in [0, 0.05) is 18.0 Å². The minimum Gasteiger partial charge on any atom is -0.491 e.